The summed E-state index contributed by atoms with van der Waals surface area (Å²) >= 11 is 0. The van der Waals surface area contributed by atoms with E-state index in [9.17, 15) is 19.5 Å². The SMILES string of the molecule is CCCCCCC/C=C\C/C=C\C/C=C\CCCCCCCCCCCCC(=O)OC(COC(=O)CCCCCCCCCCCC)COC(OCC[N+](C)(C)C)C(=O)O. The summed E-state index contributed by atoms with van der Waals surface area (Å²) in [4.78, 5) is 37.1. The van der Waals surface area contributed by atoms with Crippen LogP contribution in [0, 0.1) is 0 Å². The molecule has 2 atom stereocenters. The molecule has 0 saturated carbocycles. The highest BCUT2D eigenvalue weighted by Crippen LogP contribution is 2.15. The van der Waals surface area contributed by atoms with Crippen LogP contribution in [0.1, 0.15) is 213 Å². The van der Waals surface area contributed by atoms with Crippen molar-refractivity contribution >= 4 is 17.9 Å². The van der Waals surface area contributed by atoms with E-state index < -0.39 is 24.3 Å². The zero-order chi connectivity index (χ0) is 44.2. The van der Waals surface area contributed by atoms with Gasteiger partial charge in [-0.15, -0.1) is 0 Å². The lowest BCUT2D eigenvalue weighted by Crippen LogP contribution is -2.40. The second-order valence-corrected chi connectivity index (χ2v) is 17.8. The number of ether oxygens (including phenoxy) is 4. The van der Waals surface area contributed by atoms with Gasteiger partial charge in [0.15, 0.2) is 6.10 Å². The second kappa shape index (κ2) is 43.2. The Bertz CT molecular complexity index is 1080. The molecule has 0 heterocycles. The van der Waals surface area contributed by atoms with E-state index in [4.69, 9.17) is 18.9 Å². The highest BCUT2D eigenvalue weighted by molar-refractivity contribution is 5.71. The molecule has 0 aliphatic carbocycles. The summed E-state index contributed by atoms with van der Waals surface area (Å²) in [5.41, 5.74) is 0. The van der Waals surface area contributed by atoms with E-state index in [-0.39, 0.29) is 32.2 Å². The lowest BCUT2D eigenvalue weighted by Gasteiger charge is -2.25. The Labute approximate surface area is 369 Å². The van der Waals surface area contributed by atoms with Gasteiger partial charge in [-0.25, -0.2) is 4.79 Å². The maximum absolute atomic E-state index is 12.8. The first-order valence-corrected chi connectivity index (χ1v) is 24.7. The number of nitrogens with zero attached hydrogens (tertiary/aromatic N) is 1. The minimum absolute atomic E-state index is 0.181. The minimum Gasteiger partial charge on any atom is -0.477 e. The molecule has 0 bridgehead atoms. The normalized spacial score (nSPS) is 13.2. The number of carbonyl (C=O) groups is 3. The standard InChI is InChI=1S/C51H93NO8/c1-6-8-10-12-14-16-18-19-20-21-22-23-24-25-26-27-28-29-30-31-32-34-36-38-40-42-49(54)60-47(46-59-51(50(55)56)57-44-43-52(3,4)5)45-58-48(53)41-39-37-35-33-17-15-13-11-9-7-2/h18-19,21-22,24-25,47,51H,6-17,20,23,26-46H2,1-5H3/p+1/b19-18-,22-21-,25-24-. The lowest BCUT2D eigenvalue weighted by molar-refractivity contribution is -0.870. The zero-order valence-corrected chi connectivity index (χ0v) is 39.6. The number of allylic oxidation sites excluding steroid dienone is 6. The van der Waals surface area contributed by atoms with Gasteiger partial charge in [-0.3, -0.25) is 9.59 Å². The van der Waals surface area contributed by atoms with Gasteiger partial charge in [0.25, 0.3) is 6.29 Å². The average molecular weight is 849 g/mol. The van der Waals surface area contributed by atoms with Gasteiger partial charge >= 0.3 is 17.9 Å². The largest absolute Gasteiger partial charge is 0.477 e. The first-order valence-electron chi connectivity index (χ1n) is 24.7. The fourth-order valence-corrected chi connectivity index (χ4v) is 6.78. The number of carboxylic acids is 1. The van der Waals surface area contributed by atoms with Crippen LogP contribution in [0.25, 0.3) is 0 Å². The number of carbonyl (C=O) groups excluding carboxylic acids is 2. The Morgan fingerprint density at radius 2 is 0.900 bits per heavy atom. The highest BCUT2D eigenvalue weighted by Gasteiger charge is 2.25. The molecule has 0 spiro atoms. The third kappa shape index (κ3) is 43.6. The molecule has 350 valence electrons. The highest BCUT2D eigenvalue weighted by atomic mass is 16.7. The Morgan fingerprint density at radius 3 is 1.33 bits per heavy atom. The first kappa shape index (κ1) is 57.5. The number of likely N-dealkylation sites (N-methyl/N-ethyl adjacent to an activating group) is 1. The molecule has 0 radical (unpaired) electrons. The fraction of sp³-hybridized carbons (Fsp3) is 0.824. The lowest BCUT2D eigenvalue weighted by atomic mass is 10.0. The molecule has 0 aromatic carbocycles. The smallest absolute Gasteiger partial charge is 0.361 e. The van der Waals surface area contributed by atoms with Crippen LogP contribution in [0.3, 0.4) is 0 Å². The van der Waals surface area contributed by atoms with Gasteiger partial charge in [-0.05, 0) is 51.4 Å². The summed E-state index contributed by atoms with van der Waals surface area (Å²) in [6.45, 7) is 4.85. The van der Waals surface area contributed by atoms with Crippen molar-refractivity contribution < 1.29 is 42.9 Å². The molecule has 0 rings (SSSR count). The maximum Gasteiger partial charge on any atom is 0.361 e. The van der Waals surface area contributed by atoms with Crippen molar-refractivity contribution in [2.24, 2.45) is 0 Å². The van der Waals surface area contributed by atoms with Crippen LogP contribution in [0.4, 0.5) is 0 Å². The van der Waals surface area contributed by atoms with Crippen molar-refractivity contribution in [3.8, 4) is 0 Å². The molecule has 0 aliphatic heterocycles. The van der Waals surface area contributed by atoms with Gasteiger partial charge in [0.1, 0.15) is 13.2 Å². The third-order valence-electron chi connectivity index (χ3n) is 10.6. The van der Waals surface area contributed by atoms with Crippen LogP contribution in [0.15, 0.2) is 36.5 Å². The molecule has 0 aromatic rings. The van der Waals surface area contributed by atoms with Crippen LogP contribution >= 0.6 is 0 Å². The van der Waals surface area contributed by atoms with Gasteiger partial charge in [0, 0.05) is 12.8 Å². The van der Waals surface area contributed by atoms with Gasteiger partial charge in [0.2, 0.25) is 0 Å². The first-order chi connectivity index (χ1) is 29.1. The van der Waals surface area contributed by atoms with E-state index in [1.807, 2.05) is 21.1 Å². The Hall–Kier alpha value is -2.49. The molecule has 1 N–H and O–H groups in total. The maximum atomic E-state index is 12.8. The van der Waals surface area contributed by atoms with Crippen LogP contribution in [-0.4, -0.2) is 87.4 Å². The van der Waals surface area contributed by atoms with Crippen molar-refractivity contribution in [2.45, 2.75) is 225 Å². The van der Waals surface area contributed by atoms with Crippen molar-refractivity contribution in [3.63, 3.8) is 0 Å². The topological polar surface area (TPSA) is 108 Å². The number of carboxylic acid groups (broad SMARTS) is 1. The number of esters is 2. The van der Waals surface area contributed by atoms with Gasteiger partial charge in [-0.1, -0.05) is 185 Å². The molecule has 0 aromatic heterocycles. The van der Waals surface area contributed by atoms with Crippen molar-refractivity contribution in [1.82, 2.24) is 0 Å². The number of unbranched alkanes of at least 4 members (excludes halogenated alkanes) is 24. The monoisotopic (exact) mass is 849 g/mol. The molecule has 0 aliphatic rings. The van der Waals surface area contributed by atoms with Crippen molar-refractivity contribution in [2.75, 3.05) is 47.5 Å². The van der Waals surface area contributed by atoms with Gasteiger partial charge in [0.05, 0.1) is 34.4 Å². The molecular formula is C51H94NO8+. The molecule has 60 heavy (non-hydrogen) atoms. The second-order valence-electron chi connectivity index (χ2n) is 17.8. The minimum atomic E-state index is -1.51. The molecule has 0 amide bonds. The molecular weight excluding hydrogens is 755 g/mol. The van der Waals surface area contributed by atoms with Gasteiger partial charge in [-0.2, -0.15) is 0 Å². The summed E-state index contributed by atoms with van der Waals surface area (Å²) in [6.07, 6.45) is 46.4. The van der Waals surface area contributed by atoms with E-state index in [1.54, 1.807) is 0 Å². The van der Waals surface area contributed by atoms with Crippen LogP contribution in [-0.2, 0) is 33.3 Å². The zero-order valence-electron chi connectivity index (χ0n) is 39.6. The van der Waals surface area contributed by atoms with E-state index >= 15 is 0 Å². The molecule has 9 heteroatoms. The fourth-order valence-electron chi connectivity index (χ4n) is 6.78. The molecule has 9 nitrogen and oxygen atoms in total. The van der Waals surface area contributed by atoms with E-state index in [1.165, 1.54) is 128 Å². The van der Waals surface area contributed by atoms with E-state index in [2.05, 4.69) is 50.3 Å². The third-order valence-corrected chi connectivity index (χ3v) is 10.6. The van der Waals surface area contributed by atoms with Crippen LogP contribution in [0.5, 0.6) is 0 Å². The number of hydrogen-bond donors (Lipinski definition) is 1. The average Bonchev–Trinajstić information content (AvgIpc) is 3.21. The Kier molecular flexibility index (Phi) is 41.4. The molecule has 2 unspecified atom stereocenters. The van der Waals surface area contributed by atoms with Crippen molar-refractivity contribution in [3.05, 3.63) is 36.5 Å². The summed E-state index contributed by atoms with van der Waals surface area (Å²) in [5.74, 6) is -2.01. The number of hydrogen-bond acceptors (Lipinski definition) is 7. The quantitative estimate of drug-likeness (QED) is 0.0212. The summed E-state index contributed by atoms with van der Waals surface area (Å²) < 4.78 is 22.7. The van der Waals surface area contributed by atoms with Crippen LogP contribution < -0.4 is 0 Å². The van der Waals surface area contributed by atoms with E-state index in [0.29, 0.717) is 17.4 Å². The van der Waals surface area contributed by atoms with Gasteiger partial charge < -0.3 is 28.5 Å². The number of rotatable bonds is 45. The van der Waals surface area contributed by atoms with E-state index in [0.717, 1.165) is 57.8 Å². The molecule has 0 fully saturated rings. The Morgan fingerprint density at radius 1 is 0.500 bits per heavy atom. The number of quaternary nitrogens is 1. The Balaban J connectivity index is 4.26. The summed E-state index contributed by atoms with van der Waals surface area (Å²) in [5, 5.41) is 9.64. The predicted octanol–water partition coefficient (Wildman–Crippen LogP) is 13.4. The van der Waals surface area contributed by atoms with Crippen molar-refractivity contribution in [1.29, 1.82) is 0 Å². The van der Waals surface area contributed by atoms with Crippen LogP contribution in [0.2, 0.25) is 0 Å². The summed E-state index contributed by atoms with van der Waals surface area (Å²) in [6, 6.07) is 0. The molecule has 0 saturated heterocycles. The predicted molar refractivity (Wildman–Crippen MR) is 249 cm³/mol. The number of aliphatic carboxylic acids is 1. The summed E-state index contributed by atoms with van der Waals surface area (Å²) in [7, 11) is 5.96.